The number of hydrogen-bond acceptors (Lipinski definition) is 6. The van der Waals surface area contributed by atoms with Gasteiger partial charge in [0.05, 0.1) is 30.5 Å². The van der Waals surface area contributed by atoms with E-state index in [1.807, 2.05) is 19.1 Å². The van der Waals surface area contributed by atoms with Crippen LogP contribution in [-0.2, 0) is 15.9 Å². The fourth-order valence-corrected chi connectivity index (χ4v) is 3.73. The number of amides is 1. The Morgan fingerprint density at radius 2 is 2.17 bits per heavy atom. The number of carbonyl (C=O) groups excluding carboxylic acids is 2. The third-order valence-electron chi connectivity index (χ3n) is 5.11. The Morgan fingerprint density at radius 3 is 2.83 bits per heavy atom. The first-order chi connectivity index (χ1) is 14.0. The Balaban J connectivity index is 1.68. The number of hydrogen-bond donors (Lipinski definition) is 2. The lowest BCUT2D eigenvalue weighted by Gasteiger charge is -2.39. The number of ether oxygens (including phenoxy) is 2. The van der Waals surface area contributed by atoms with Gasteiger partial charge in [0.2, 0.25) is 0 Å². The summed E-state index contributed by atoms with van der Waals surface area (Å²) in [4.78, 5) is 33.6. The van der Waals surface area contributed by atoms with E-state index in [0.717, 1.165) is 11.4 Å². The molecule has 0 spiro atoms. The van der Waals surface area contributed by atoms with E-state index in [4.69, 9.17) is 21.1 Å². The molecular weight excluding hydrogens is 396 g/mol. The molecule has 0 saturated carbocycles. The van der Waals surface area contributed by atoms with Gasteiger partial charge in [0.1, 0.15) is 0 Å². The van der Waals surface area contributed by atoms with E-state index >= 15 is 0 Å². The van der Waals surface area contributed by atoms with Crippen LogP contribution in [0.3, 0.4) is 0 Å². The molecule has 1 aromatic carbocycles. The minimum absolute atomic E-state index is 0.165. The number of aromatic amines is 1. The fourth-order valence-electron chi connectivity index (χ4n) is 3.47. The summed E-state index contributed by atoms with van der Waals surface area (Å²) >= 11 is 6.03. The van der Waals surface area contributed by atoms with Crippen molar-refractivity contribution in [3.05, 3.63) is 46.5 Å². The molecule has 9 heteroatoms. The summed E-state index contributed by atoms with van der Waals surface area (Å²) in [6.07, 6.45) is 1.13. The average Bonchev–Trinajstić information content (AvgIpc) is 3.14. The number of nitrogens with one attached hydrogen (secondary N) is 2. The zero-order chi connectivity index (χ0) is 21.0. The molecule has 1 aliphatic heterocycles. The molecule has 8 nitrogen and oxygen atoms in total. The molecule has 1 saturated heterocycles. The summed E-state index contributed by atoms with van der Waals surface area (Å²) in [6, 6.07) is 7.11. The number of nitrogens with zero attached hydrogens (tertiary/aromatic N) is 2. The van der Waals surface area contributed by atoms with Crippen molar-refractivity contribution in [1.29, 1.82) is 0 Å². The largest absolute Gasteiger partial charge is 0.465 e. The van der Waals surface area contributed by atoms with Crippen molar-refractivity contribution in [2.45, 2.75) is 31.9 Å². The standard InChI is InChI=1S/C20H25ClN4O4/c1-4-14-17(21)24-18(22-14)19(26)23-15-8-9-25(11-16(15)28-2)13-7-5-6-12(10-13)20(27)29-3/h5-7,10,15-16H,4,8-9,11H2,1-3H3,(H,22,24)(H,23,26)/t15-,16+/m0/s1. The van der Waals surface area contributed by atoms with Crippen LogP contribution < -0.4 is 10.2 Å². The molecular formula is C20H25ClN4O4. The lowest BCUT2D eigenvalue weighted by molar-refractivity contribution is 0.0537. The number of rotatable bonds is 6. The lowest BCUT2D eigenvalue weighted by atomic mass is 10.0. The minimum atomic E-state index is -0.374. The first-order valence-corrected chi connectivity index (χ1v) is 9.86. The van der Waals surface area contributed by atoms with E-state index < -0.39 is 0 Å². The van der Waals surface area contributed by atoms with Crippen LogP contribution in [0.25, 0.3) is 0 Å². The van der Waals surface area contributed by atoms with Crippen molar-refractivity contribution in [2.75, 3.05) is 32.2 Å². The highest BCUT2D eigenvalue weighted by Gasteiger charge is 2.31. The molecule has 1 amide bonds. The van der Waals surface area contributed by atoms with Gasteiger partial charge in [-0.15, -0.1) is 0 Å². The van der Waals surface area contributed by atoms with Crippen LogP contribution in [0.2, 0.25) is 5.15 Å². The topological polar surface area (TPSA) is 96.6 Å². The number of imidazole rings is 1. The van der Waals surface area contributed by atoms with Crippen LogP contribution in [0.5, 0.6) is 0 Å². The normalized spacial score (nSPS) is 19.1. The van der Waals surface area contributed by atoms with Gasteiger partial charge in [-0.1, -0.05) is 24.6 Å². The molecule has 1 aromatic heterocycles. The smallest absolute Gasteiger partial charge is 0.337 e. The van der Waals surface area contributed by atoms with Crippen LogP contribution in [0.4, 0.5) is 5.69 Å². The number of carbonyl (C=O) groups is 2. The Labute approximate surface area is 174 Å². The molecule has 2 N–H and O–H groups in total. The predicted octanol–water partition coefficient (Wildman–Crippen LogP) is 2.44. The first-order valence-electron chi connectivity index (χ1n) is 9.48. The van der Waals surface area contributed by atoms with Gasteiger partial charge in [-0.05, 0) is 31.0 Å². The highest BCUT2D eigenvalue weighted by molar-refractivity contribution is 6.30. The van der Waals surface area contributed by atoms with Crippen LogP contribution in [-0.4, -0.2) is 61.3 Å². The van der Waals surface area contributed by atoms with Gasteiger partial charge in [-0.3, -0.25) is 4.79 Å². The highest BCUT2D eigenvalue weighted by atomic mass is 35.5. The van der Waals surface area contributed by atoms with Crippen molar-refractivity contribution in [2.24, 2.45) is 0 Å². The number of benzene rings is 1. The lowest BCUT2D eigenvalue weighted by Crippen LogP contribution is -2.55. The average molecular weight is 421 g/mol. The van der Waals surface area contributed by atoms with Gasteiger partial charge in [-0.2, -0.15) is 0 Å². The van der Waals surface area contributed by atoms with Crippen LogP contribution in [0.1, 0.15) is 40.0 Å². The van der Waals surface area contributed by atoms with Crippen LogP contribution in [0.15, 0.2) is 24.3 Å². The summed E-state index contributed by atoms with van der Waals surface area (Å²) in [5, 5.41) is 3.32. The van der Waals surface area contributed by atoms with E-state index in [0.29, 0.717) is 36.6 Å². The maximum atomic E-state index is 12.6. The molecule has 0 bridgehead atoms. The SMILES string of the molecule is CCc1[nH]c(C(=O)N[C@H]2CCN(c3cccc(C(=O)OC)c3)C[C@H]2OC)nc1Cl. The zero-order valence-electron chi connectivity index (χ0n) is 16.7. The summed E-state index contributed by atoms with van der Waals surface area (Å²) in [5.41, 5.74) is 2.14. The Hall–Kier alpha value is -2.58. The number of esters is 1. The van der Waals surface area contributed by atoms with Crippen LogP contribution >= 0.6 is 11.6 Å². The monoisotopic (exact) mass is 420 g/mol. The van der Waals surface area contributed by atoms with Gasteiger partial charge in [0.15, 0.2) is 11.0 Å². The quantitative estimate of drug-likeness (QED) is 0.697. The van der Waals surface area contributed by atoms with Crippen molar-refractivity contribution in [3.8, 4) is 0 Å². The molecule has 1 fully saturated rings. The second-order valence-corrected chi connectivity index (χ2v) is 7.20. The molecule has 0 unspecified atom stereocenters. The van der Waals surface area contributed by atoms with E-state index in [9.17, 15) is 9.59 Å². The number of methoxy groups -OCH3 is 2. The molecule has 156 valence electrons. The van der Waals surface area contributed by atoms with E-state index in [1.165, 1.54) is 7.11 Å². The van der Waals surface area contributed by atoms with Gasteiger partial charge < -0.3 is 24.7 Å². The number of anilines is 1. The predicted molar refractivity (Wildman–Crippen MR) is 110 cm³/mol. The number of halogens is 1. The summed E-state index contributed by atoms with van der Waals surface area (Å²) in [7, 11) is 2.98. The summed E-state index contributed by atoms with van der Waals surface area (Å²) in [5.74, 6) is -0.476. The Bertz CT molecular complexity index is 885. The number of aromatic nitrogens is 2. The first kappa shape index (κ1) is 21.1. The Kier molecular flexibility index (Phi) is 6.76. The molecule has 0 aliphatic carbocycles. The second-order valence-electron chi connectivity index (χ2n) is 6.84. The van der Waals surface area contributed by atoms with Gasteiger partial charge in [0.25, 0.3) is 5.91 Å². The third kappa shape index (κ3) is 4.71. The van der Waals surface area contributed by atoms with Crippen LogP contribution in [0, 0.1) is 0 Å². The van der Waals surface area contributed by atoms with E-state index in [2.05, 4.69) is 20.2 Å². The summed E-state index contributed by atoms with van der Waals surface area (Å²) in [6.45, 7) is 3.21. The zero-order valence-corrected chi connectivity index (χ0v) is 17.5. The molecule has 2 atom stereocenters. The number of H-pyrrole nitrogens is 1. The Morgan fingerprint density at radius 1 is 1.38 bits per heavy atom. The van der Waals surface area contributed by atoms with Gasteiger partial charge >= 0.3 is 5.97 Å². The molecule has 0 radical (unpaired) electrons. The van der Waals surface area contributed by atoms with Crippen molar-refractivity contribution >= 4 is 29.2 Å². The molecule has 2 heterocycles. The third-order valence-corrected chi connectivity index (χ3v) is 5.42. The fraction of sp³-hybridized carbons (Fsp3) is 0.450. The van der Waals surface area contributed by atoms with Crippen molar-refractivity contribution in [3.63, 3.8) is 0 Å². The van der Waals surface area contributed by atoms with Gasteiger partial charge in [0, 0.05) is 25.9 Å². The maximum Gasteiger partial charge on any atom is 0.337 e. The highest BCUT2D eigenvalue weighted by Crippen LogP contribution is 2.23. The molecule has 3 rings (SSSR count). The van der Waals surface area contributed by atoms with E-state index in [-0.39, 0.29) is 29.8 Å². The molecule has 1 aliphatic rings. The van der Waals surface area contributed by atoms with Gasteiger partial charge in [-0.25, -0.2) is 9.78 Å². The van der Waals surface area contributed by atoms with Crippen molar-refractivity contribution < 1.29 is 19.1 Å². The molecule has 2 aromatic rings. The number of aryl methyl sites for hydroxylation is 1. The van der Waals surface area contributed by atoms with E-state index in [1.54, 1.807) is 19.2 Å². The number of piperidine rings is 1. The second kappa shape index (κ2) is 9.28. The minimum Gasteiger partial charge on any atom is -0.465 e. The maximum absolute atomic E-state index is 12.6. The summed E-state index contributed by atoms with van der Waals surface area (Å²) < 4.78 is 10.4. The van der Waals surface area contributed by atoms with Crippen molar-refractivity contribution in [1.82, 2.24) is 15.3 Å². The molecule has 29 heavy (non-hydrogen) atoms.